The summed E-state index contributed by atoms with van der Waals surface area (Å²) >= 11 is 0. The van der Waals surface area contributed by atoms with Gasteiger partial charge in [0, 0.05) is 17.8 Å². The van der Waals surface area contributed by atoms with Gasteiger partial charge in [-0.3, -0.25) is 0 Å². The van der Waals surface area contributed by atoms with E-state index in [4.69, 9.17) is 9.97 Å². The highest BCUT2D eigenvalue weighted by molar-refractivity contribution is 5.12. The summed E-state index contributed by atoms with van der Waals surface area (Å²) < 4.78 is 0. The highest BCUT2D eigenvalue weighted by Gasteiger charge is 2.05. The molecule has 1 radical (unpaired) electrons. The summed E-state index contributed by atoms with van der Waals surface area (Å²) in [4.78, 5) is 9.63. The summed E-state index contributed by atoms with van der Waals surface area (Å²) in [5, 5.41) is 0. The van der Waals surface area contributed by atoms with Crippen LogP contribution in [0.1, 0.15) is 249 Å². The molecule has 0 N–H and O–H groups in total. The van der Waals surface area contributed by atoms with Gasteiger partial charge in [0.15, 0.2) is 0 Å². The summed E-state index contributed by atoms with van der Waals surface area (Å²) in [5.74, 6) is 0.950. The zero-order chi connectivity index (χ0) is 33.0. The van der Waals surface area contributed by atoms with Crippen molar-refractivity contribution in [2.75, 3.05) is 0 Å². The van der Waals surface area contributed by atoms with E-state index in [1.54, 1.807) is 0 Å². The predicted molar refractivity (Wildman–Crippen MR) is 207 cm³/mol. The monoisotopic (exact) mass is 640 g/mol. The third-order valence-corrected chi connectivity index (χ3v) is 10.2. The summed E-state index contributed by atoms with van der Waals surface area (Å²) in [6.07, 6.45) is 51.4. The number of hydrogen-bond donors (Lipinski definition) is 0. The molecule has 269 valence electrons. The van der Waals surface area contributed by atoms with Gasteiger partial charge in [-0.1, -0.05) is 219 Å². The molecule has 0 saturated carbocycles. The molecule has 0 spiro atoms. The second kappa shape index (κ2) is 35.4. The zero-order valence-electron chi connectivity index (χ0n) is 31.8. The van der Waals surface area contributed by atoms with Gasteiger partial charge in [-0.15, -0.1) is 0 Å². The fraction of sp³-hybridized carbons (Fsp3) is 0.886. The Labute approximate surface area is 290 Å². The molecule has 0 aliphatic rings. The van der Waals surface area contributed by atoms with E-state index in [1.165, 1.54) is 230 Å². The first kappa shape index (κ1) is 43.1. The van der Waals surface area contributed by atoms with Crippen LogP contribution >= 0.6 is 0 Å². The van der Waals surface area contributed by atoms with Gasteiger partial charge in [-0.25, -0.2) is 9.97 Å². The number of aryl methyl sites for hydroxylation is 2. The molecule has 1 heterocycles. The van der Waals surface area contributed by atoms with Crippen molar-refractivity contribution in [2.24, 2.45) is 0 Å². The Morgan fingerprint density at radius 3 is 0.783 bits per heavy atom. The van der Waals surface area contributed by atoms with Crippen LogP contribution in [-0.2, 0) is 19.3 Å². The number of aromatic nitrogens is 2. The van der Waals surface area contributed by atoms with Crippen LogP contribution in [0.3, 0.4) is 0 Å². The maximum Gasteiger partial charge on any atom is 0.128 e. The molecule has 0 saturated heterocycles. The number of rotatable bonds is 37. The maximum atomic E-state index is 4.82. The summed E-state index contributed by atoms with van der Waals surface area (Å²) in [6, 6.07) is 2.30. The van der Waals surface area contributed by atoms with Crippen molar-refractivity contribution >= 4 is 0 Å². The Morgan fingerprint density at radius 1 is 0.348 bits per heavy atom. The lowest BCUT2D eigenvalue weighted by Gasteiger charge is -2.08. The molecule has 46 heavy (non-hydrogen) atoms. The third-order valence-electron chi connectivity index (χ3n) is 10.2. The van der Waals surface area contributed by atoms with E-state index in [2.05, 4.69) is 26.8 Å². The minimum absolute atomic E-state index is 0.707. The van der Waals surface area contributed by atoms with Crippen molar-refractivity contribution in [3.63, 3.8) is 0 Å². The zero-order valence-corrected chi connectivity index (χ0v) is 31.8. The second-order valence-corrected chi connectivity index (χ2v) is 14.8. The van der Waals surface area contributed by atoms with E-state index in [0.717, 1.165) is 18.7 Å². The maximum absolute atomic E-state index is 4.82. The van der Waals surface area contributed by atoms with Crippen molar-refractivity contribution in [3.05, 3.63) is 30.2 Å². The van der Waals surface area contributed by atoms with Gasteiger partial charge in [-0.05, 0) is 38.7 Å². The molecule has 0 atom stereocenters. The Hall–Kier alpha value is -0.920. The average molecular weight is 640 g/mol. The summed E-state index contributed by atoms with van der Waals surface area (Å²) in [5.41, 5.74) is 2.52. The van der Waals surface area contributed by atoms with Crippen molar-refractivity contribution in [3.8, 4) is 0 Å². The van der Waals surface area contributed by atoms with Crippen molar-refractivity contribution in [1.29, 1.82) is 0 Å². The molecule has 1 aromatic rings. The van der Waals surface area contributed by atoms with E-state index in [0.29, 0.717) is 6.42 Å². The van der Waals surface area contributed by atoms with Crippen LogP contribution < -0.4 is 0 Å². The molecule has 2 heteroatoms. The second-order valence-electron chi connectivity index (χ2n) is 14.8. The van der Waals surface area contributed by atoms with Crippen molar-refractivity contribution in [2.45, 2.75) is 251 Å². The molecule has 0 aliphatic carbocycles. The minimum Gasteiger partial charge on any atom is -0.238 e. The fourth-order valence-electron chi connectivity index (χ4n) is 7.04. The first-order valence-electron chi connectivity index (χ1n) is 21.4. The van der Waals surface area contributed by atoms with Gasteiger partial charge in [0.25, 0.3) is 0 Å². The van der Waals surface area contributed by atoms with E-state index >= 15 is 0 Å². The molecule has 1 rings (SSSR count). The quantitative estimate of drug-likeness (QED) is 0.0677. The van der Waals surface area contributed by atoms with Crippen LogP contribution in [0.15, 0.2) is 6.07 Å². The average Bonchev–Trinajstić information content (AvgIpc) is 3.07. The standard InChI is InChI=1S/C44H83N2/c1-4-7-9-11-13-15-17-19-21-23-25-27-29-31-33-35-37-39-42-41-43(46-44(6-3)45-42)40-38-36-34-32-30-28-26-24-22-20-18-16-14-12-10-8-5-2/h41H,3-40H2,1-2H3. The summed E-state index contributed by atoms with van der Waals surface area (Å²) in [6.45, 7) is 8.69. The van der Waals surface area contributed by atoms with E-state index < -0.39 is 0 Å². The van der Waals surface area contributed by atoms with E-state index in [-0.39, 0.29) is 0 Å². The van der Waals surface area contributed by atoms with Crippen LogP contribution in [0.5, 0.6) is 0 Å². The van der Waals surface area contributed by atoms with Gasteiger partial charge in [-0.2, -0.15) is 0 Å². The minimum atomic E-state index is 0.707. The fourth-order valence-corrected chi connectivity index (χ4v) is 7.04. The number of nitrogens with zero attached hydrogens (tertiary/aromatic N) is 2. The Morgan fingerprint density at radius 2 is 0.565 bits per heavy atom. The molecule has 2 nitrogen and oxygen atoms in total. The molecular weight excluding hydrogens is 556 g/mol. The highest BCUT2D eigenvalue weighted by atomic mass is 14.9. The first-order chi connectivity index (χ1) is 22.8. The topological polar surface area (TPSA) is 25.8 Å². The Bertz CT molecular complexity index is 672. The number of unbranched alkanes of at least 4 members (excludes halogenated alkanes) is 32. The van der Waals surface area contributed by atoms with Gasteiger partial charge in [0.2, 0.25) is 0 Å². The van der Waals surface area contributed by atoms with Crippen LogP contribution in [-0.4, -0.2) is 9.97 Å². The van der Waals surface area contributed by atoms with Gasteiger partial charge >= 0.3 is 0 Å². The Kier molecular flexibility index (Phi) is 33.2. The molecular formula is C44H83N2. The largest absolute Gasteiger partial charge is 0.238 e. The van der Waals surface area contributed by atoms with Crippen LogP contribution in [0, 0.1) is 6.92 Å². The third kappa shape index (κ3) is 29.2. The molecule has 0 amide bonds. The first-order valence-corrected chi connectivity index (χ1v) is 21.4. The lowest BCUT2D eigenvalue weighted by Crippen LogP contribution is -2.03. The van der Waals surface area contributed by atoms with Crippen LogP contribution in [0.2, 0.25) is 0 Å². The molecule has 0 fully saturated rings. The predicted octanol–water partition coefficient (Wildman–Crippen LogP) is 15.2. The highest BCUT2D eigenvalue weighted by Crippen LogP contribution is 2.17. The molecule has 0 unspecified atom stereocenters. The molecule has 0 bridgehead atoms. The lowest BCUT2D eigenvalue weighted by atomic mass is 10.0. The van der Waals surface area contributed by atoms with E-state index in [1.807, 2.05) is 0 Å². The summed E-state index contributed by atoms with van der Waals surface area (Å²) in [7, 11) is 0. The Balaban J connectivity index is 1.95. The smallest absolute Gasteiger partial charge is 0.128 e. The van der Waals surface area contributed by atoms with Gasteiger partial charge in [0.05, 0.1) is 0 Å². The van der Waals surface area contributed by atoms with Gasteiger partial charge in [0.1, 0.15) is 5.82 Å². The molecule has 1 aromatic heterocycles. The normalized spacial score (nSPS) is 11.5. The lowest BCUT2D eigenvalue weighted by molar-refractivity contribution is 0.526. The van der Waals surface area contributed by atoms with E-state index in [9.17, 15) is 0 Å². The van der Waals surface area contributed by atoms with Crippen LogP contribution in [0.4, 0.5) is 0 Å². The number of hydrogen-bond acceptors (Lipinski definition) is 2. The van der Waals surface area contributed by atoms with Gasteiger partial charge < -0.3 is 0 Å². The van der Waals surface area contributed by atoms with Crippen molar-refractivity contribution in [1.82, 2.24) is 9.97 Å². The SMILES string of the molecule is [CH2]Cc1nc(CCCCCCCCCCCCCCCCCCC)cc(CCCCCCCCCCCCCCCCCCC)n1. The van der Waals surface area contributed by atoms with Crippen molar-refractivity contribution < 1.29 is 0 Å². The van der Waals surface area contributed by atoms with Crippen LogP contribution in [0.25, 0.3) is 0 Å². The molecule has 0 aliphatic heterocycles. The molecule has 0 aromatic carbocycles.